The minimum absolute atomic E-state index is 0.0438. The van der Waals surface area contributed by atoms with Crippen LogP contribution in [0, 0.1) is 0 Å². The van der Waals surface area contributed by atoms with Gasteiger partial charge in [0.05, 0.1) is 6.54 Å². The smallest absolute Gasteiger partial charge is 0.325 e. The summed E-state index contributed by atoms with van der Waals surface area (Å²) in [4.78, 5) is 24.6. The van der Waals surface area contributed by atoms with Crippen molar-refractivity contribution >= 4 is 23.5 Å². The lowest BCUT2D eigenvalue weighted by Crippen LogP contribution is -2.42. The Bertz CT molecular complexity index is 562. The fourth-order valence-corrected chi connectivity index (χ4v) is 2.18. The molecule has 0 aliphatic carbocycles. The number of ether oxygens (including phenoxy) is 1. The summed E-state index contributed by atoms with van der Waals surface area (Å²) in [6, 6.07) is 6.25. The van der Waals surface area contributed by atoms with Crippen LogP contribution in [0.3, 0.4) is 0 Å². The number of carbonyl (C=O) groups excluding carboxylic acids is 2. The summed E-state index contributed by atoms with van der Waals surface area (Å²) in [5.74, 6) is 0.147. The van der Waals surface area contributed by atoms with Gasteiger partial charge in [-0.1, -0.05) is 17.7 Å². The fourth-order valence-electron chi connectivity index (χ4n) is 2.00. The zero-order valence-electron chi connectivity index (χ0n) is 11.8. The molecule has 0 aromatic heterocycles. The van der Waals surface area contributed by atoms with Gasteiger partial charge in [-0.05, 0) is 32.0 Å². The summed E-state index contributed by atoms with van der Waals surface area (Å²) in [5.41, 5.74) is -0.940. The number of aliphatic hydroxyl groups is 1. The van der Waals surface area contributed by atoms with Crippen LogP contribution < -0.4 is 10.1 Å². The number of halogens is 1. The van der Waals surface area contributed by atoms with Crippen molar-refractivity contribution in [3.05, 3.63) is 29.3 Å². The second kappa shape index (κ2) is 5.91. The molecule has 2 rings (SSSR count). The standard InChI is InChI=1S/C14H17ClN2O4/c1-14(2)12(19)17(13(20)16-14)7-10(18)8-21-11-5-3-4-9(15)6-11/h3-6,10,18H,7-8H2,1-2H3,(H,16,20)/t10-/m1/s1. The number of amides is 3. The molecular weight excluding hydrogens is 296 g/mol. The Morgan fingerprint density at radius 1 is 1.43 bits per heavy atom. The van der Waals surface area contributed by atoms with E-state index in [1.54, 1.807) is 38.1 Å². The van der Waals surface area contributed by atoms with Crippen molar-refractivity contribution < 1.29 is 19.4 Å². The zero-order valence-corrected chi connectivity index (χ0v) is 12.6. The first-order chi connectivity index (χ1) is 9.79. The average molecular weight is 313 g/mol. The van der Waals surface area contributed by atoms with Crippen molar-refractivity contribution in [2.75, 3.05) is 13.2 Å². The molecule has 1 atom stereocenters. The van der Waals surface area contributed by atoms with E-state index in [0.29, 0.717) is 10.8 Å². The third-order valence-corrected chi connectivity index (χ3v) is 3.31. The Hall–Kier alpha value is -1.79. The largest absolute Gasteiger partial charge is 0.491 e. The maximum Gasteiger partial charge on any atom is 0.325 e. The van der Waals surface area contributed by atoms with Crippen LogP contribution in [0.4, 0.5) is 4.79 Å². The van der Waals surface area contributed by atoms with Gasteiger partial charge in [0, 0.05) is 5.02 Å². The zero-order chi connectivity index (χ0) is 15.6. The van der Waals surface area contributed by atoms with Crippen LogP contribution in [-0.4, -0.2) is 46.7 Å². The Morgan fingerprint density at radius 2 is 2.14 bits per heavy atom. The Morgan fingerprint density at radius 3 is 2.71 bits per heavy atom. The van der Waals surface area contributed by atoms with Gasteiger partial charge in [0.15, 0.2) is 0 Å². The van der Waals surface area contributed by atoms with Crippen molar-refractivity contribution in [1.82, 2.24) is 10.2 Å². The van der Waals surface area contributed by atoms with Crippen molar-refractivity contribution in [2.45, 2.75) is 25.5 Å². The molecule has 0 saturated carbocycles. The van der Waals surface area contributed by atoms with E-state index in [1.165, 1.54) is 0 Å². The maximum absolute atomic E-state index is 12.0. The van der Waals surface area contributed by atoms with Gasteiger partial charge < -0.3 is 15.2 Å². The quantitative estimate of drug-likeness (QED) is 0.806. The number of hydrogen-bond donors (Lipinski definition) is 2. The first-order valence-corrected chi connectivity index (χ1v) is 6.88. The number of hydrogen-bond acceptors (Lipinski definition) is 4. The monoisotopic (exact) mass is 312 g/mol. The average Bonchev–Trinajstić information content (AvgIpc) is 2.59. The van der Waals surface area contributed by atoms with Crippen molar-refractivity contribution in [3.8, 4) is 5.75 Å². The van der Waals surface area contributed by atoms with Gasteiger partial charge in [-0.25, -0.2) is 4.79 Å². The summed E-state index contributed by atoms with van der Waals surface area (Å²) in [6.07, 6.45) is -0.979. The number of imide groups is 1. The predicted molar refractivity (Wildman–Crippen MR) is 77.3 cm³/mol. The highest BCUT2D eigenvalue weighted by atomic mass is 35.5. The molecule has 1 aromatic rings. The van der Waals surface area contributed by atoms with Crippen LogP contribution >= 0.6 is 11.6 Å². The van der Waals surface area contributed by atoms with Gasteiger partial charge in [-0.15, -0.1) is 0 Å². The highest BCUT2D eigenvalue weighted by molar-refractivity contribution is 6.30. The SMILES string of the molecule is CC1(C)NC(=O)N(C[C@@H](O)COc2cccc(Cl)c2)C1=O. The van der Waals surface area contributed by atoms with Crippen LogP contribution in [-0.2, 0) is 4.79 Å². The molecule has 1 aliphatic rings. The van der Waals surface area contributed by atoms with Crippen molar-refractivity contribution in [1.29, 1.82) is 0 Å². The number of nitrogens with one attached hydrogen (secondary N) is 1. The summed E-state index contributed by atoms with van der Waals surface area (Å²) < 4.78 is 5.38. The van der Waals surface area contributed by atoms with Gasteiger partial charge in [0.1, 0.15) is 24.0 Å². The van der Waals surface area contributed by atoms with Gasteiger partial charge in [0.25, 0.3) is 5.91 Å². The Kier molecular flexibility index (Phi) is 4.39. The molecule has 0 radical (unpaired) electrons. The molecule has 0 unspecified atom stereocenters. The maximum atomic E-state index is 12.0. The topological polar surface area (TPSA) is 78.9 Å². The van der Waals surface area contributed by atoms with E-state index in [0.717, 1.165) is 4.90 Å². The number of rotatable bonds is 5. The van der Waals surface area contributed by atoms with Crippen LogP contribution in [0.15, 0.2) is 24.3 Å². The van der Waals surface area contributed by atoms with E-state index in [4.69, 9.17) is 16.3 Å². The van der Waals surface area contributed by atoms with Crippen molar-refractivity contribution in [3.63, 3.8) is 0 Å². The van der Waals surface area contributed by atoms with Gasteiger partial charge in [0.2, 0.25) is 0 Å². The molecule has 1 aromatic carbocycles. The van der Waals surface area contributed by atoms with Crippen LogP contribution in [0.2, 0.25) is 5.02 Å². The lowest BCUT2D eigenvalue weighted by atomic mass is 10.1. The molecule has 0 bridgehead atoms. The number of urea groups is 1. The molecule has 114 valence electrons. The van der Waals surface area contributed by atoms with Crippen LogP contribution in [0.5, 0.6) is 5.75 Å². The van der Waals surface area contributed by atoms with E-state index < -0.39 is 17.7 Å². The summed E-state index contributed by atoms with van der Waals surface area (Å²) in [5, 5.41) is 13.0. The van der Waals surface area contributed by atoms with Crippen molar-refractivity contribution in [2.24, 2.45) is 0 Å². The minimum atomic E-state index is -0.979. The third kappa shape index (κ3) is 3.65. The predicted octanol–water partition coefficient (Wildman–Crippen LogP) is 1.41. The molecule has 1 aliphatic heterocycles. The summed E-state index contributed by atoms with van der Waals surface area (Å²) in [6.45, 7) is 3.07. The van der Waals surface area contributed by atoms with E-state index >= 15 is 0 Å². The highest BCUT2D eigenvalue weighted by Gasteiger charge is 2.44. The van der Waals surface area contributed by atoms with E-state index in [2.05, 4.69) is 5.32 Å². The van der Waals surface area contributed by atoms with Crippen LogP contribution in [0.25, 0.3) is 0 Å². The normalized spacial score (nSPS) is 18.6. The molecule has 0 spiro atoms. The molecular formula is C14H17ClN2O4. The van der Waals surface area contributed by atoms with E-state index in [-0.39, 0.29) is 19.1 Å². The molecule has 7 heteroatoms. The van der Waals surface area contributed by atoms with E-state index in [1.807, 2.05) is 0 Å². The third-order valence-electron chi connectivity index (χ3n) is 3.08. The molecule has 21 heavy (non-hydrogen) atoms. The Labute approximate surface area is 127 Å². The molecule has 2 N–H and O–H groups in total. The molecule has 1 fully saturated rings. The molecule has 1 saturated heterocycles. The number of carbonyl (C=O) groups is 2. The first kappa shape index (κ1) is 15.6. The molecule has 1 heterocycles. The van der Waals surface area contributed by atoms with Gasteiger partial charge in [-0.3, -0.25) is 9.69 Å². The first-order valence-electron chi connectivity index (χ1n) is 6.50. The second-order valence-electron chi connectivity index (χ2n) is 5.39. The van der Waals surface area contributed by atoms with Gasteiger partial charge >= 0.3 is 6.03 Å². The number of nitrogens with zero attached hydrogens (tertiary/aromatic N) is 1. The highest BCUT2D eigenvalue weighted by Crippen LogP contribution is 2.19. The second-order valence-corrected chi connectivity index (χ2v) is 5.83. The lowest BCUT2D eigenvalue weighted by Gasteiger charge is -2.19. The molecule has 3 amide bonds. The fraction of sp³-hybridized carbons (Fsp3) is 0.429. The summed E-state index contributed by atoms with van der Waals surface area (Å²) >= 11 is 5.82. The number of benzene rings is 1. The number of aliphatic hydroxyl groups excluding tert-OH is 1. The molecule has 6 nitrogen and oxygen atoms in total. The van der Waals surface area contributed by atoms with E-state index in [9.17, 15) is 14.7 Å². The number of β-amino-alcohol motifs (C(OH)–C–C–N with tert-alkyl or cyclic N) is 1. The summed E-state index contributed by atoms with van der Waals surface area (Å²) in [7, 11) is 0. The lowest BCUT2D eigenvalue weighted by molar-refractivity contribution is -0.131. The minimum Gasteiger partial charge on any atom is -0.491 e. The Balaban J connectivity index is 1.89. The van der Waals surface area contributed by atoms with Crippen LogP contribution in [0.1, 0.15) is 13.8 Å². The van der Waals surface area contributed by atoms with Gasteiger partial charge in [-0.2, -0.15) is 0 Å².